The van der Waals surface area contributed by atoms with Gasteiger partial charge in [-0.25, -0.2) is 0 Å². The fraction of sp³-hybridized carbons (Fsp3) is 0.500. The van der Waals surface area contributed by atoms with Crippen molar-refractivity contribution in [3.05, 3.63) is 27.1 Å². The number of aromatic nitrogens is 1. The maximum atomic E-state index is 11.8. The zero-order chi connectivity index (χ0) is 11.3. The number of pyridine rings is 1. The number of hydrogen-bond acceptors (Lipinski definition) is 2. The van der Waals surface area contributed by atoms with Gasteiger partial charge in [-0.2, -0.15) is 0 Å². The van der Waals surface area contributed by atoms with E-state index in [2.05, 4.69) is 15.9 Å². The Bertz CT molecular complexity index is 378. The highest BCUT2D eigenvalue weighted by atomic mass is 79.9. The van der Waals surface area contributed by atoms with E-state index in [1.165, 1.54) is 0 Å². The van der Waals surface area contributed by atoms with Crippen LogP contribution in [-0.2, 0) is 6.54 Å². The number of nitrogen functional groups attached to an aromatic ring is 1. The van der Waals surface area contributed by atoms with Gasteiger partial charge in [0.15, 0.2) is 0 Å². The summed E-state index contributed by atoms with van der Waals surface area (Å²) in [5.74, 6) is 0. The maximum Gasteiger partial charge on any atom is 0.264 e. The molecule has 0 aliphatic rings. The number of nitrogens with zero attached hydrogens (tertiary/aromatic N) is 1. The van der Waals surface area contributed by atoms with E-state index in [1.54, 1.807) is 16.8 Å². The molecule has 0 atom stereocenters. The van der Waals surface area contributed by atoms with Crippen molar-refractivity contribution in [3.8, 4) is 0 Å². The fourth-order valence-electron chi connectivity index (χ4n) is 1.34. The first kappa shape index (κ1) is 12.2. The lowest BCUT2D eigenvalue weighted by molar-refractivity contribution is 0.446. The number of rotatable bonds is 5. The Morgan fingerprint density at radius 2 is 2.13 bits per heavy atom. The van der Waals surface area contributed by atoms with Crippen LogP contribution in [-0.4, -0.2) is 11.2 Å². The van der Waals surface area contributed by atoms with Crippen LogP contribution in [0.4, 0.5) is 10.1 Å². The Labute approximate surface area is 96.2 Å². The summed E-state index contributed by atoms with van der Waals surface area (Å²) in [4.78, 5) is 11.6. The van der Waals surface area contributed by atoms with Gasteiger partial charge in [0.2, 0.25) is 0 Å². The van der Waals surface area contributed by atoms with Gasteiger partial charge in [-0.05, 0) is 41.3 Å². The fourth-order valence-corrected chi connectivity index (χ4v) is 1.83. The molecule has 0 saturated carbocycles. The lowest BCUT2D eigenvalue weighted by atomic mass is 10.2. The monoisotopic (exact) mass is 276 g/mol. The third-order valence-electron chi connectivity index (χ3n) is 2.10. The van der Waals surface area contributed by atoms with Gasteiger partial charge < -0.3 is 10.3 Å². The minimum atomic E-state index is -0.296. The second-order valence-electron chi connectivity index (χ2n) is 3.37. The second kappa shape index (κ2) is 5.90. The minimum Gasteiger partial charge on any atom is -0.398 e. The van der Waals surface area contributed by atoms with Crippen molar-refractivity contribution in [2.45, 2.75) is 25.8 Å². The standard InChI is InChI=1S/C10H14BrFN2O/c11-9-6-8(13)7-14(10(9)15)5-3-1-2-4-12/h6-7H,1-5,13H2. The molecule has 0 amide bonds. The van der Waals surface area contributed by atoms with E-state index < -0.39 is 0 Å². The number of halogens is 2. The van der Waals surface area contributed by atoms with Crippen LogP contribution in [0, 0.1) is 0 Å². The van der Waals surface area contributed by atoms with Crippen LogP contribution in [0.15, 0.2) is 21.5 Å². The Kier molecular flexibility index (Phi) is 4.81. The quantitative estimate of drug-likeness (QED) is 0.840. The van der Waals surface area contributed by atoms with Crippen LogP contribution in [0.1, 0.15) is 19.3 Å². The third-order valence-corrected chi connectivity index (χ3v) is 2.66. The maximum absolute atomic E-state index is 11.8. The molecule has 1 aromatic heterocycles. The molecular weight excluding hydrogens is 263 g/mol. The van der Waals surface area contributed by atoms with Crippen molar-refractivity contribution in [1.82, 2.24) is 4.57 Å². The second-order valence-corrected chi connectivity index (χ2v) is 4.22. The summed E-state index contributed by atoms with van der Waals surface area (Å²) < 4.78 is 13.8. The van der Waals surface area contributed by atoms with E-state index in [4.69, 9.17) is 5.73 Å². The molecule has 0 unspecified atom stereocenters. The summed E-state index contributed by atoms with van der Waals surface area (Å²) in [6, 6.07) is 1.58. The van der Waals surface area contributed by atoms with Crippen LogP contribution in [0.3, 0.4) is 0 Å². The molecule has 5 heteroatoms. The molecular formula is C10H14BrFN2O. The van der Waals surface area contributed by atoms with Gasteiger partial charge in [0.05, 0.1) is 11.1 Å². The van der Waals surface area contributed by atoms with Crippen molar-refractivity contribution in [1.29, 1.82) is 0 Å². The number of anilines is 1. The van der Waals surface area contributed by atoms with Gasteiger partial charge in [-0.3, -0.25) is 9.18 Å². The summed E-state index contributed by atoms with van der Waals surface area (Å²) >= 11 is 3.15. The Hall–Kier alpha value is -0.840. The Morgan fingerprint density at radius 1 is 1.40 bits per heavy atom. The van der Waals surface area contributed by atoms with Crippen molar-refractivity contribution < 1.29 is 4.39 Å². The average molecular weight is 277 g/mol. The van der Waals surface area contributed by atoms with Crippen LogP contribution < -0.4 is 11.3 Å². The highest BCUT2D eigenvalue weighted by Crippen LogP contribution is 2.09. The molecule has 1 aromatic rings. The first-order valence-electron chi connectivity index (χ1n) is 4.86. The lowest BCUT2D eigenvalue weighted by Gasteiger charge is -2.06. The van der Waals surface area contributed by atoms with Crippen molar-refractivity contribution in [2.75, 3.05) is 12.4 Å². The van der Waals surface area contributed by atoms with Gasteiger partial charge in [0, 0.05) is 18.4 Å². The minimum absolute atomic E-state index is 0.0931. The molecule has 0 aromatic carbocycles. The molecule has 0 spiro atoms. The smallest absolute Gasteiger partial charge is 0.264 e. The molecule has 0 saturated heterocycles. The van der Waals surface area contributed by atoms with E-state index in [0.717, 1.165) is 12.8 Å². The first-order chi connectivity index (χ1) is 7.15. The van der Waals surface area contributed by atoms with Crippen LogP contribution >= 0.6 is 15.9 Å². The molecule has 3 nitrogen and oxygen atoms in total. The van der Waals surface area contributed by atoms with Crippen LogP contribution in [0.25, 0.3) is 0 Å². The molecule has 84 valence electrons. The summed E-state index contributed by atoms with van der Waals surface area (Å²) in [6.45, 7) is 0.290. The average Bonchev–Trinajstić information content (AvgIpc) is 2.19. The van der Waals surface area contributed by atoms with E-state index in [9.17, 15) is 9.18 Å². The lowest BCUT2D eigenvalue weighted by Crippen LogP contribution is -2.20. The van der Waals surface area contributed by atoms with Crippen molar-refractivity contribution >= 4 is 21.6 Å². The zero-order valence-electron chi connectivity index (χ0n) is 8.38. The van der Waals surface area contributed by atoms with Gasteiger partial charge in [-0.15, -0.1) is 0 Å². The number of unbranched alkanes of at least 4 members (excludes halogenated alkanes) is 2. The molecule has 0 fully saturated rings. The normalized spacial score (nSPS) is 10.5. The molecule has 1 rings (SSSR count). The predicted octanol–water partition coefficient (Wildman–Crippen LogP) is 2.33. The Morgan fingerprint density at radius 3 is 2.80 bits per heavy atom. The molecule has 1 heterocycles. The number of aryl methyl sites for hydroxylation is 1. The molecule has 0 radical (unpaired) electrons. The van der Waals surface area contributed by atoms with Gasteiger partial charge in [-0.1, -0.05) is 0 Å². The largest absolute Gasteiger partial charge is 0.398 e. The predicted molar refractivity (Wildman–Crippen MR) is 62.6 cm³/mol. The van der Waals surface area contributed by atoms with Crippen LogP contribution in [0.2, 0.25) is 0 Å². The summed E-state index contributed by atoms with van der Waals surface area (Å²) in [5, 5.41) is 0. The van der Waals surface area contributed by atoms with Gasteiger partial charge >= 0.3 is 0 Å². The highest BCUT2D eigenvalue weighted by Gasteiger charge is 2.02. The number of alkyl halides is 1. The summed E-state index contributed by atoms with van der Waals surface area (Å²) in [5.41, 5.74) is 6.06. The SMILES string of the molecule is Nc1cc(Br)c(=O)n(CCCCCF)c1. The molecule has 0 aliphatic carbocycles. The molecule has 15 heavy (non-hydrogen) atoms. The van der Waals surface area contributed by atoms with E-state index in [-0.39, 0.29) is 12.2 Å². The van der Waals surface area contributed by atoms with Crippen molar-refractivity contribution in [3.63, 3.8) is 0 Å². The van der Waals surface area contributed by atoms with E-state index in [1.807, 2.05) is 0 Å². The van der Waals surface area contributed by atoms with Gasteiger partial charge in [0.1, 0.15) is 0 Å². The van der Waals surface area contributed by atoms with E-state index in [0.29, 0.717) is 23.1 Å². The van der Waals surface area contributed by atoms with Crippen LogP contribution in [0.5, 0.6) is 0 Å². The summed E-state index contributed by atoms with van der Waals surface area (Å²) in [7, 11) is 0. The molecule has 0 bridgehead atoms. The number of hydrogen-bond donors (Lipinski definition) is 1. The zero-order valence-corrected chi connectivity index (χ0v) is 9.96. The summed E-state index contributed by atoms with van der Waals surface area (Å²) in [6.07, 6.45) is 3.75. The van der Waals surface area contributed by atoms with E-state index >= 15 is 0 Å². The molecule has 0 aliphatic heterocycles. The van der Waals surface area contributed by atoms with Crippen molar-refractivity contribution in [2.24, 2.45) is 0 Å². The number of nitrogens with two attached hydrogens (primary N) is 1. The Balaban J connectivity index is 2.64. The first-order valence-corrected chi connectivity index (χ1v) is 5.66. The highest BCUT2D eigenvalue weighted by molar-refractivity contribution is 9.10. The molecule has 2 N–H and O–H groups in total. The van der Waals surface area contributed by atoms with Gasteiger partial charge in [0.25, 0.3) is 5.56 Å². The third kappa shape index (κ3) is 3.66. The topological polar surface area (TPSA) is 48.0 Å².